The number of carbonyl (C=O) groups is 1. The zero-order valence-electron chi connectivity index (χ0n) is 13.6. The van der Waals surface area contributed by atoms with E-state index in [0.29, 0.717) is 19.6 Å². The van der Waals surface area contributed by atoms with E-state index < -0.39 is 0 Å². The van der Waals surface area contributed by atoms with Crippen molar-refractivity contribution in [2.45, 2.75) is 52.5 Å². The van der Waals surface area contributed by atoms with Gasteiger partial charge in [-0.05, 0) is 13.8 Å². The van der Waals surface area contributed by atoms with Crippen LogP contribution in [0, 0.1) is 0 Å². The smallest absolute Gasteiger partial charge is 0.237 e. The minimum Gasteiger partial charge on any atom is -0.373 e. The summed E-state index contributed by atoms with van der Waals surface area (Å²) in [6, 6.07) is 0. The van der Waals surface area contributed by atoms with E-state index in [1.807, 2.05) is 18.0 Å². The lowest BCUT2D eigenvalue weighted by atomic mass is 10.2. The molecule has 3 heterocycles. The first-order valence-corrected chi connectivity index (χ1v) is 8.04. The van der Waals surface area contributed by atoms with E-state index in [4.69, 9.17) is 4.74 Å². The van der Waals surface area contributed by atoms with Crippen molar-refractivity contribution in [3.8, 4) is 0 Å². The predicted molar refractivity (Wildman–Crippen MR) is 82.1 cm³/mol. The molecule has 2 aliphatic heterocycles. The Morgan fingerprint density at radius 3 is 2.73 bits per heavy atom. The maximum absolute atomic E-state index is 12.5. The maximum Gasteiger partial charge on any atom is 0.237 e. The lowest BCUT2D eigenvalue weighted by Gasteiger charge is -2.35. The lowest BCUT2D eigenvalue weighted by Crippen LogP contribution is -2.49. The third-order valence-electron chi connectivity index (χ3n) is 4.23. The molecule has 1 aromatic rings. The van der Waals surface area contributed by atoms with Gasteiger partial charge in [0.2, 0.25) is 5.91 Å². The van der Waals surface area contributed by atoms with E-state index in [-0.39, 0.29) is 18.1 Å². The van der Waals surface area contributed by atoms with Crippen molar-refractivity contribution in [1.29, 1.82) is 0 Å². The summed E-state index contributed by atoms with van der Waals surface area (Å²) in [6.07, 6.45) is 3.06. The van der Waals surface area contributed by atoms with E-state index in [1.54, 1.807) is 0 Å². The van der Waals surface area contributed by atoms with Gasteiger partial charge in [0.05, 0.1) is 31.0 Å². The summed E-state index contributed by atoms with van der Waals surface area (Å²) in [6.45, 7) is 9.49. The molecule has 6 heteroatoms. The number of aryl methyl sites for hydroxylation is 1. The van der Waals surface area contributed by atoms with Gasteiger partial charge in [0.25, 0.3) is 0 Å². The summed E-state index contributed by atoms with van der Waals surface area (Å²) in [5, 5.41) is 0. The summed E-state index contributed by atoms with van der Waals surface area (Å²) < 4.78 is 5.71. The number of rotatable bonds is 3. The Morgan fingerprint density at radius 1 is 1.32 bits per heavy atom. The number of morpholine rings is 1. The number of amides is 1. The number of aromatic nitrogens is 2. The van der Waals surface area contributed by atoms with Crippen LogP contribution >= 0.6 is 0 Å². The van der Waals surface area contributed by atoms with Crippen LogP contribution in [0.3, 0.4) is 0 Å². The Kier molecular flexibility index (Phi) is 4.40. The molecule has 1 amide bonds. The molecule has 1 aromatic heterocycles. The van der Waals surface area contributed by atoms with E-state index in [1.165, 1.54) is 0 Å². The van der Waals surface area contributed by atoms with Crippen molar-refractivity contribution in [2.24, 2.45) is 0 Å². The van der Waals surface area contributed by atoms with Crippen LogP contribution in [-0.4, -0.2) is 57.5 Å². The Hall–Kier alpha value is -1.53. The first kappa shape index (κ1) is 15.4. The second-order valence-corrected chi connectivity index (χ2v) is 6.31. The molecule has 0 unspecified atom stereocenters. The zero-order valence-corrected chi connectivity index (χ0v) is 13.6. The fourth-order valence-electron chi connectivity index (χ4n) is 3.25. The molecule has 0 spiro atoms. The number of nitrogens with zero attached hydrogens (tertiary/aromatic N) is 4. The highest BCUT2D eigenvalue weighted by Gasteiger charge is 2.29. The monoisotopic (exact) mass is 304 g/mol. The lowest BCUT2D eigenvalue weighted by molar-refractivity contribution is -0.136. The summed E-state index contributed by atoms with van der Waals surface area (Å²) >= 11 is 0. The molecule has 0 radical (unpaired) electrons. The summed E-state index contributed by atoms with van der Waals surface area (Å²) in [7, 11) is 0. The van der Waals surface area contributed by atoms with Gasteiger partial charge in [-0.15, -0.1) is 0 Å². The normalized spacial score (nSPS) is 25.3. The Labute approximate surface area is 131 Å². The molecule has 0 saturated carbocycles. The van der Waals surface area contributed by atoms with E-state index in [0.717, 1.165) is 36.6 Å². The van der Waals surface area contributed by atoms with Gasteiger partial charge in [-0.3, -0.25) is 9.69 Å². The second-order valence-electron chi connectivity index (χ2n) is 6.31. The Morgan fingerprint density at radius 2 is 2.05 bits per heavy atom. The highest BCUT2D eigenvalue weighted by Crippen LogP contribution is 2.21. The molecule has 2 atom stereocenters. The van der Waals surface area contributed by atoms with E-state index in [2.05, 4.69) is 28.7 Å². The largest absolute Gasteiger partial charge is 0.373 e. The van der Waals surface area contributed by atoms with Gasteiger partial charge in [0.15, 0.2) is 0 Å². The summed E-state index contributed by atoms with van der Waals surface area (Å²) in [5.41, 5.74) is 2.08. The van der Waals surface area contributed by atoms with E-state index in [9.17, 15) is 4.79 Å². The third kappa shape index (κ3) is 3.28. The van der Waals surface area contributed by atoms with Gasteiger partial charge in [-0.25, -0.2) is 9.97 Å². The van der Waals surface area contributed by atoms with Crippen molar-refractivity contribution >= 4 is 5.91 Å². The zero-order chi connectivity index (χ0) is 15.7. The van der Waals surface area contributed by atoms with Gasteiger partial charge in [-0.1, -0.05) is 6.92 Å². The number of ether oxygens (including phenoxy) is 1. The topological polar surface area (TPSA) is 58.6 Å². The number of carbonyl (C=O) groups excluding carboxylic acids is 1. The van der Waals surface area contributed by atoms with Gasteiger partial charge in [0, 0.05) is 37.8 Å². The fraction of sp³-hybridized carbons (Fsp3) is 0.688. The van der Waals surface area contributed by atoms with Gasteiger partial charge in [0.1, 0.15) is 5.82 Å². The Balaban J connectivity index is 1.60. The van der Waals surface area contributed by atoms with Crippen LogP contribution in [0.1, 0.15) is 37.9 Å². The molecular formula is C16H24N4O2. The fourth-order valence-corrected chi connectivity index (χ4v) is 3.25. The molecule has 120 valence electrons. The van der Waals surface area contributed by atoms with Crippen molar-refractivity contribution in [3.63, 3.8) is 0 Å². The molecule has 3 rings (SSSR count). The van der Waals surface area contributed by atoms with Gasteiger partial charge >= 0.3 is 0 Å². The van der Waals surface area contributed by atoms with E-state index >= 15 is 0 Å². The molecule has 22 heavy (non-hydrogen) atoms. The van der Waals surface area contributed by atoms with Crippen LogP contribution < -0.4 is 0 Å². The standard InChI is InChI=1S/C16H24N4O2/c1-4-15-17-5-13-8-20(9-14(13)18-15)16(21)10-19-6-11(2)22-12(3)7-19/h5,11-12H,4,6-10H2,1-3H3/t11-,12+. The minimum atomic E-state index is 0.164. The van der Waals surface area contributed by atoms with Crippen molar-refractivity contribution in [1.82, 2.24) is 19.8 Å². The molecule has 2 aliphatic rings. The summed E-state index contributed by atoms with van der Waals surface area (Å²) in [4.78, 5) is 25.5. The summed E-state index contributed by atoms with van der Waals surface area (Å²) in [5.74, 6) is 1.02. The first-order valence-electron chi connectivity index (χ1n) is 8.04. The van der Waals surface area contributed by atoms with Crippen LogP contribution in [0.2, 0.25) is 0 Å². The van der Waals surface area contributed by atoms with Crippen LogP contribution in [-0.2, 0) is 29.0 Å². The molecule has 1 saturated heterocycles. The molecule has 0 N–H and O–H groups in total. The highest BCUT2D eigenvalue weighted by atomic mass is 16.5. The Bertz CT molecular complexity index is 553. The van der Waals surface area contributed by atoms with Crippen molar-refractivity contribution in [3.05, 3.63) is 23.3 Å². The highest BCUT2D eigenvalue weighted by molar-refractivity contribution is 5.78. The average molecular weight is 304 g/mol. The van der Waals surface area contributed by atoms with Crippen LogP contribution in [0.15, 0.2) is 6.20 Å². The molecule has 6 nitrogen and oxygen atoms in total. The SMILES string of the molecule is CCc1ncc2c(n1)CN(C(=O)CN1C[C@@H](C)O[C@@H](C)C1)C2. The minimum absolute atomic E-state index is 0.164. The van der Waals surface area contributed by atoms with Crippen LogP contribution in [0.5, 0.6) is 0 Å². The van der Waals surface area contributed by atoms with Crippen LogP contribution in [0.25, 0.3) is 0 Å². The molecular weight excluding hydrogens is 280 g/mol. The number of hydrogen-bond donors (Lipinski definition) is 0. The predicted octanol–water partition coefficient (Wildman–Crippen LogP) is 0.990. The molecule has 1 fully saturated rings. The number of fused-ring (bicyclic) bond motifs is 1. The van der Waals surface area contributed by atoms with Gasteiger partial charge < -0.3 is 9.64 Å². The van der Waals surface area contributed by atoms with Crippen molar-refractivity contribution in [2.75, 3.05) is 19.6 Å². The molecule has 0 aliphatic carbocycles. The number of hydrogen-bond acceptors (Lipinski definition) is 5. The molecule has 0 aromatic carbocycles. The molecule has 0 bridgehead atoms. The first-order chi connectivity index (χ1) is 10.5. The van der Waals surface area contributed by atoms with Crippen molar-refractivity contribution < 1.29 is 9.53 Å². The average Bonchev–Trinajstić information content (AvgIpc) is 2.89. The van der Waals surface area contributed by atoms with Crippen LogP contribution in [0.4, 0.5) is 0 Å². The maximum atomic E-state index is 12.5. The third-order valence-corrected chi connectivity index (χ3v) is 4.23. The second kappa shape index (κ2) is 6.30. The van der Waals surface area contributed by atoms with Gasteiger partial charge in [-0.2, -0.15) is 0 Å². The quantitative estimate of drug-likeness (QED) is 0.833.